The molecule has 0 saturated carbocycles. The number of nitrogens with one attached hydrogen (secondary N) is 1. The highest BCUT2D eigenvalue weighted by Crippen LogP contribution is 2.33. The monoisotopic (exact) mass is 492 g/mol. The van der Waals surface area contributed by atoms with Crippen LogP contribution in [-0.4, -0.2) is 32.2 Å². The van der Waals surface area contributed by atoms with E-state index in [1.807, 2.05) is 18.2 Å². The lowest BCUT2D eigenvalue weighted by atomic mass is 9.98. The molecule has 0 bridgehead atoms. The van der Waals surface area contributed by atoms with Crippen molar-refractivity contribution < 1.29 is 4.42 Å². The summed E-state index contributed by atoms with van der Waals surface area (Å²) >= 11 is 12.5. The molecular weight excluding hydrogens is 471 g/mol. The molecule has 7 nitrogen and oxygen atoms in total. The summed E-state index contributed by atoms with van der Waals surface area (Å²) in [6, 6.07) is 20.4. The molecule has 2 heterocycles. The van der Waals surface area contributed by atoms with Crippen LogP contribution in [0.4, 0.5) is 6.01 Å². The van der Waals surface area contributed by atoms with Crippen LogP contribution in [0.5, 0.6) is 0 Å². The molecule has 0 spiro atoms. The van der Waals surface area contributed by atoms with Crippen molar-refractivity contribution in [2.45, 2.75) is 26.3 Å². The fourth-order valence-electron chi connectivity index (χ4n) is 3.89. The first kappa shape index (κ1) is 22.4. The number of nitrogens with zero attached hydrogens (tertiary/aromatic N) is 5. The van der Waals surface area contributed by atoms with Crippen molar-refractivity contribution in [1.29, 1.82) is 0 Å². The number of anilines is 1. The highest BCUT2D eigenvalue weighted by molar-refractivity contribution is 6.38. The zero-order valence-corrected chi connectivity index (χ0v) is 20.0. The summed E-state index contributed by atoms with van der Waals surface area (Å²) in [6.07, 6.45) is 2.08. The summed E-state index contributed by atoms with van der Waals surface area (Å²) in [6.45, 7) is 3.64. The second-order valence-corrected chi connectivity index (χ2v) is 8.83. The number of aromatic amines is 1. The third-order valence-corrected chi connectivity index (χ3v) is 6.10. The second kappa shape index (κ2) is 9.83. The van der Waals surface area contributed by atoms with Crippen LogP contribution in [0.25, 0.3) is 33.6 Å². The molecule has 0 aliphatic heterocycles. The Kier molecular flexibility index (Phi) is 6.47. The van der Waals surface area contributed by atoms with Crippen LogP contribution >= 0.6 is 23.2 Å². The Morgan fingerprint density at radius 2 is 1.79 bits per heavy atom. The van der Waals surface area contributed by atoms with Gasteiger partial charge in [0, 0.05) is 23.7 Å². The van der Waals surface area contributed by atoms with Gasteiger partial charge in [-0.05, 0) is 40.5 Å². The Morgan fingerprint density at radius 3 is 2.53 bits per heavy atom. The average molecular weight is 493 g/mol. The molecule has 9 heteroatoms. The van der Waals surface area contributed by atoms with Crippen LogP contribution in [0.2, 0.25) is 10.0 Å². The summed E-state index contributed by atoms with van der Waals surface area (Å²) in [5, 5.41) is 15.5. The molecule has 172 valence electrons. The van der Waals surface area contributed by atoms with E-state index in [1.165, 1.54) is 0 Å². The number of tetrazole rings is 1. The zero-order valence-electron chi connectivity index (χ0n) is 18.5. The smallest absolute Gasteiger partial charge is 0.298 e. The Hall–Kier alpha value is -3.42. The molecule has 3 aromatic carbocycles. The van der Waals surface area contributed by atoms with Gasteiger partial charge in [0.15, 0.2) is 5.58 Å². The number of benzene rings is 3. The molecule has 34 heavy (non-hydrogen) atoms. The van der Waals surface area contributed by atoms with Crippen LogP contribution in [-0.2, 0) is 6.54 Å². The number of aromatic nitrogens is 5. The predicted molar refractivity (Wildman–Crippen MR) is 135 cm³/mol. The minimum atomic E-state index is 0.460. The molecule has 0 unspecified atom stereocenters. The van der Waals surface area contributed by atoms with Gasteiger partial charge in [-0.15, -0.1) is 10.2 Å². The van der Waals surface area contributed by atoms with E-state index in [2.05, 4.69) is 67.8 Å². The van der Waals surface area contributed by atoms with E-state index < -0.39 is 0 Å². The molecule has 0 fully saturated rings. The molecule has 0 amide bonds. The van der Waals surface area contributed by atoms with Gasteiger partial charge in [-0.25, -0.2) is 0 Å². The Labute approximate surface area is 206 Å². The minimum absolute atomic E-state index is 0.460. The van der Waals surface area contributed by atoms with Gasteiger partial charge < -0.3 is 9.32 Å². The van der Waals surface area contributed by atoms with Crippen molar-refractivity contribution in [3.63, 3.8) is 0 Å². The molecule has 0 aliphatic rings. The molecule has 0 saturated heterocycles. The van der Waals surface area contributed by atoms with Gasteiger partial charge in [0.2, 0.25) is 5.82 Å². The third-order valence-electron chi connectivity index (χ3n) is 5.60. The summed E-state index contributed by atoms with van der Waals surface area (Å²) in [5.74, 6) is 0.570. The third kappa shape index (κ3) is 4.62. The Balaban J connectivity index is 1.42. The van der Waals surface area contributed by atoms with Gasteiger partial charge >= 0.3 is 0 Å². The lowest BCUT2D eigenvalue weighted by Crippen LogP contribution is -2.24. The molecule has 1 N–H and O–H groups in total. The van der Waals surface area contributed by atoms with Crippen LogP contribution < -0.4 is 4.90 Å². The first-order valence-corrected chi connectivity index (χ1v) is 11.8. The Morgan fingerprint density at radius 1 is 1.00 bits per heavy atom. The van der Waals surface area contributed by atoms with Crippen LogP contribution in [0.15, 0.2) is 65.1 Å². The molecular formula is C25H22Cl2N6O. The van der Waals surface area contributed by atoms with Crippen molar-refractivity contribution in [3.8, 4) is 22.5 Å². The van der Waals surface area contributed by atoms with E-state index >= 15 is 0 Å². The van der Waals surface area contributed by atoms with Gasteiger partial charge in [-0.3, -0.25) is 0 Å². The summed E-state index contributed by atoms with van der Waals surface area (Å²) in [4.78, 5) is 6.79. The quantitative estimate of drug-likeness (QED) is 0.256. The molecule has 2 aromatic heterocycles. The number of fused-ring (bicyclic) bond motifs is 1. The number of rotatable bonds is 8. The van der Waals surface area contributed by atoms with E-state index in [1.54, 1.807) is 12.1 Å². The number of unbranched alkanes of at least 4 members (excludes halogenated alkanes) is 1. The zero-order chi connectivity index (χ0) is 23.5. The predicted octanol–water partition coefficient (Wildman–Crippen LogP) is 6.79. The second-order valence-electron chi connectivity index (χ2n) is 7.99. The normalized spacial score (nSPS) is 11.3. The number of hydrogen-bond acceptors (Lipinski definition) is 6. The molecule has 0 radical (unpaired) electrons. The van der Waals surface area contributed by atoms with E-state index in [9.17, 15) is 0 Å². The highest BCUT2D eigenvalue weighted by atomic mass is 35.5. The van der Waals surface area contributed by atoms with Crippen LogP contribution in [0.3, 0.4) is 0 Å². The van der Waals surface area contributed by atoms with Crippen molar-refractivity contribution in [3.05, 3.63) is 76.3 Å². The summed E-state index contributed by atoms with van der Waals surface area (Å²) < 4.78 is 6.04. The highest BCUT2D eigenvalue weighted by Gasteiger charge is 2.17. The maximum Gasteiger partial charge on any atom is 0.298 e. The maximum absolute atomic E-state index is 6.32. The fraction of sp³-hybridized carbons (Fsp3) is 0.200. The number of hydrogen-bond donors (Lipinski definition) is 1. The minimum Gasteiger partial charge on any atom is -0.422 e. The number of oxazole rings is 1. The van der Waals surface area contributed by atoms with E-state index in [0.29, 0.717) is 39.5 Å². The SMILES string of the molecule is CCCCN(Cc1ccc(-c2ccccc2-c2nn[nH]n2)cc1)c1nc2cc(Cl)cc(Cl)c2o1. The van der Waals surface area contributed by atoms with Crippen molar-refractivity contribution >= 4 is 40.3 Å². The first-order valence-electron chi connectivity index (χ1n) is 11.0. The number of H-pyrrole nitrogens is 1. The maximum atomic E-state index is 6.32. The summed E-state index contributed by atoms with van der Waals surface area (Å²) in [7, 11) is 0. The molecule has 5 aromatic rings. The van der Waals surface area contributed by atoms with E-state index in [0.717, 1.165) is 41.6 Å². The van der Waals surface area contributed by atoms with Gasteiger partial charge in [0.05, 0.1) is 5.02 Å². The lowest BCUT2D eigenvalue weighted by molar-refractivity contribution is 0.556. The molecule has 0 atom stereocenters. The lowest BCUT2D eigenvalue weighted by Gasteiger charge is -2.20. The van der Waals surface area contributed by atoms with Crippen LogP contribution in [0.1, 0.15) is 25.3 Å². The Bertz CT molecular complexity index is 1400. The van der Waals surface area contributed by atoms with Crippen molar-refractivity contribution in [2.24, 2.45) is 0 Å². The molecule has 5 rings (SSSR count). The summed E-state index contributed by atoms with van der Waals surface area (Å²) in [5.41, 5.74) is 5.40. The van der Waals surface area contributed by atoms with E-state index in [-0.39, 0.29) is 0 Å². The van der Waals surface area contributed by atoms with Gasteiger partial charge in [0.1, 0.15) is 5.52 Å². The van der Waals surface area contributed by atoms with Crippen molar-refractivity contribution in [2.75, 3.05) is 11.4 Å². The average Bonchev–Trinajstić information content (AvgIpc) is 3.53. The van der Waals surface area contributed by atoms with Gasteiger partial charge in [-0.2, -0.15) is 10.2 Å². The fourth-order valence-corrected chi connectivity index (χ4v) is 4.41. The van der Waals surface area contributed by atoms with E-state index in [4.69, 9.17) is 27.6 Å². The van der Waals surface area contributed by atoms with Gasteiger partial charge in [-0.1, -0.05) is 85.1 Å². The number of halogens is 2. The largest absolute Gasteiger partial charge is 0.422 e. The van der Waals surface area contributed by atoms with Crippen molar-refractivity contribution in [1.82, 2.24) is 25.6 Å². The topological polar surface area (TPSA) is 83.7 Å². The van der Waals surface area contributed by atoms with Crippen LogP contribution in [0, 0.1) is 0 Å². The van der Waals surface area contributed by atoms with Gasteiger partial charge in [0.25, 0.3) is 6.01 Å². The first-order chi connectivity index (χ1) is 16.6. The molecule has 0 aliphatic carbocycles. The standard InChI is InChI=1S/C25H22Cl2N6O/c1-2-3-12-33(25-28-22-14-18(26)13-21(27)23(22)34-25)15-16-8-10-17(11-9-16)19-6-4-5-7-20(19)24-29-31-32-30-24/h4-11,13-14H,2-3,12,15H2,1H3,(H,29,30,31,32).